The molecule has 0 radical (unpaired) electrons. The van der Waals surface area contributed by atoms with Crippen LogP contribution in [0.1, 0.15) is 12.5 Å². The number of nitrogens with zero attached hydrogens (tertiary/aromatic N) is 2. The van der Waals surface area contributed by atoms with Gasteiger partial charge in [0.25, 0.3) is 5.69 Å². The molecule has 1 aromatic rings. The van der Waals surface area contributed by atoms with Gasteiger partial charge in [0.1, 0.15) is 0 Å². The Labute approximate surface area is 96.9 Å². The number of aliphatic hydroxyl groups excluding tert-OH is 1. The Morgan fingerprint density at radius 2 is 2.38 bits per heavy atom. The van der Waals surface area contributed by atoms with Gasteiger partial charge < -0.3 is 5.11 Å². The minimum absolute atomic E-state index is 0.0377. The zero-order valence-corrected chi connectivity index (χ0v) is 9.40. The molecule has 0 aliphatic heterocycles. The molecular weight excluding hydrogens is 228 g/mol. The van der Waals surface area contributed by atoms with Crippen molar-refractivity contribution in [2.75, 3.05) is 6.61 Å². The maximum Gasteiger partial charge on any atom is 0.282 e. The smallest absolute Gasteiger partial charge is 0.282 e. The van der Waals surface area contributed by atoms with Crippen LogP contribution in [0, 0.1) is 21.4 Å². The Bertz CT molecular complexity index is 442. The molecule has 0 saturated heterocycles. The quantitative estimate of drug-likeness (QED) is 0.492. The highest BCUT2D eigenvalue weighted by molar-refractivity contribution is 8.00. The van der Waals surface area contributed by atoms with Crippen LogP contribution in [0.2, 0.25) is 0 Å². The first-order valence-corrected chi connectivity index (χ1v) is 5.42. The Kier molecular flexibility index (Phi) is 4.28. The molecular formula is C10H10N2O3S. The fourth-order valence-electron chi connectivity index (χ4n) is 1.08. The van der Waals surface area contributed by atoms with Gasteiger partial charge in [0.2, 0.25) is 0 Å². The Balaban J connectivity index is 3.11. The summed E-state index contributed by atoms with van der Waals surface area (Å²) in [7, 11) is 0. The van der Waals surface area contributed by atoms with E-state index in [0.29, 0.717) is 10.5 Å². The fraction of sp³-hybridized carbons (Fsp3) is 0.300. The van der Waals surface area contributed by atoms with Gasteiger partial charge >= 0.3 is 0 Å². The van der Waals surface area contributed by atoms with E-state index in [1.54, 1.807) is 6.92 Å². The number of nitro groups is 1. The lowest BCUT2D eigenvalue weighted by atomic mass is 10.2. The topological polar surface area (TPSA) is 87.2 Å². The van der Waals surface area contributed by atoms with E-state index in [4.69, 9.17) is 10.4 Å². The summed E-state index contributed by atoms with van der Waals surface area (Å²) in [6, 6.07) is 6.11. The molecule has 0 amide bonds. The highest BCUT2D eigenvalue weighted by Crippen LogP contribution is 2.32. The van der Waals surface area contributed by atoms with Crippen LogP contribution in [0.25, 0.3) is 0 Å². The van der Waals surface area contributed by atoms with Crippen molar-refractivity contribution in [2.24, 2.45) is 0 Å². The van der Waals surface area contributed by atoms with Gasteiger partial charge in [-0.05, 0) is 12.1 Å². The monoisotopic (exact) mass is 238 g/mol. The average Bonchev–Trinajstić information content (AvgIpc) is 2.28. The van der Waals surface area contributed by atoms with Gasteiger partial charge in [0.05, 0.1) is 28.1 Å². The third-order valence-corrected chi connectivity index (χ3v) is 3.00. The largest absolute Gasteiger partial charge is 0.395 e. The summed E-state index contributed by atoms with van der Waals surface area (Å²) in [5.41, 5.74) is 0.336. The summed E-state index contributed by atoms with van der Waals surface area (Å²) in [4.78, 5) is 10.7. The SMILES string of the molecule is CC(CO)Sc1cc(C#N)ccc1[N+](=O)[O-]. The van der Waals surface area contributed by atoms with Crippen molar-refractivity contribution in [3.05, 3.63) is 33.9 Å². The van der Waals surface area contributed by atoms with E-state index in [-0.39, 0.29) is 17.5 Å². The summed E-state index contributed by atoms with van der Waals surface area (Å²) in [6.07, 6.45) is 0. The van der Waals surface area contributed by atoms with Crippen LogP contribution in [0.4, 0.5) is 5.69 Å². The number of aliphatic hydroxyl groups is 1. The predicted molar refractivity (Wildman–Crippen MR) is 60.2 cm³/mol. The van der Waals surface area contributed by atoms with Crippen LogP contribution in [0.15, 0.2) is 23.1 Å². The molecule has 0 spiro atoms. The number of rotatable bonds is 4. The lowest BCUT2D eigenvalue weighted by molar-refractivity contribution is -0.387. The maximum atomic E-state index is 10.7. The molecule has 5 nitrogen and oxygen atoms in total. The van der Waals surface area contributed by atoms with Crippen LogP contribution >= 0.6 is 11.8 Å². The van der Waals surface area contributed by atoms with Gasteiger partial charge in [-0.2, -0.15) is 5.26 Å². The fourth-order valence-corrected chi connectivity index (χ4v) is 2.05. The molecule has 1 atom stereocenters. The van der Waals surface area contributed by atoms with Crippen LogP contribution in [0.5, 0.6) is 0 Å². The molecule has 1 unspecified atom stereocenters. The molecule has 1 aromatic carbocycles. The van der Waals surface area contributed by atoms with Crippen LogP contribution in [-0.4, -0.2) is 21.9 Å². The van der Waals surface area contributed by atoms with E-state index in [2.05, 4.69) is 0 Å². The summed E-state index contributed by atoms with van der Waals surface area (Å²) in [5.74, 6) is 0. The number of hydrogen-bond donors (Lipinski definition) is 1. The van der Waals surface area contributed by atoms with Crippen LogP contribution in [-0.2, 0) is 0 Å². The first-order chi connectivity index (χ1) is 7.58. The van der Waals surface area contributed by atoms with Crippen molar-refractivity contribution < 1.29 is 10.0 Å². The molecule has 0 aliphatic rings. The number of hydrogen-bond acceptors (Lipinski definition) is 5. The number of benzene rings is 1. The van der Waals surface area contributed by atoms with E-state index < -0.39 is 4.92 Å². The molecule has 0 fully saturated rings. The standard InChI is InChI=1S/C10H10N2O3S/c1-7(6-13)16-10-4-8(5-11)2-3-9(10)12(14)15/h2-4,7,13H,6H2,1H3. The Hall–Kier alpha value is -1.58. The second-order valence-corrected chi connectivity index (χ2v) is 4.64. The van der Waals surface area contributed by atoms with Crippen LogP contribution < -0.4 is 0 Å². The third-order valence-electron chi connectivity index (χ3n) is 1.87. The molecule has 0 bridgehead atoms. The molecule has 0 aliphatic carbocycles. The second-order valence-electron chi connectivity index (χ2n) is 3.16. The van der Waals surface area contributed by atoms with Crippen LogP contribution in [0.3, 0.4) is 0 Å². The number of nitro benzene ring substituents is 1. The van der Waals surface area contributed by atoms with Gasteiger partial charge in [-0.25, -0.2) is 0 Å². The van der Waals surface area contributed by atoms with Gasteiger partial charge in [0.15, 0.2) is 0 Å². The Morgan fingerprint density at radius 1 is 1.69 bits per heavy atom. The molecule has 16 heavy (non-hydrogen) atoms. The lowest BCUT2D eigenvalue weighted by Gasteiger charge is -2.07. The minimum atomic E-state index is -0.492. The van der Waals surface area contributed by atoms with E-state index in [1.165, 1.54) is 30.0 Å². The van der Waals surface area contributed by atoms with E-state index >= 15 is 0 Å². The second kappa shape index (κ2) is 5.49. The molecule has 0 aromatic heterocycles. The summed E-state index contributed by atoms with van der Waals surface area (Å²) >= 11 is 1.19. The predicted octanol–water partition coefficient (Wildman–Crippen LogP) is 1.94. The number of thioether (sulfide) groups is 1. The zero-order chi connectivity index (χ0) is 12.1. The van der Waals surface area contributed by atoms with Crippen molar-refractivity contribution in [1.29, 1.82) is 5.26 Å². The average molecular weight is 238 g/mol. The third kappa shape index (κ3) is 2.95. The normalized spacial score (nSPS) is 11.8. The van der Waals surface area contributed by atoms with E-state index in [1.807, 2.05) is 6.07 Å². The minimum Gasteiger partial charge on any atom is -0.395 e. The van der Waals surface area contributed by atoms with Gasteiger partial charge in [-0.15, -0.1) is 11.8 Å². The van der Waals surface area contributed by atoms with Crippen molar-refractivity contribution in [3.8, 4) is 6.07 Å². The van der Waals surface area contributed by atoms with Crippen molar-refractivity contribution in [2.45, 2.75) is 17.1 Å². The zero-order valence-electron chi connectivity index (χ0n) is 8.58. The molecule has 0 heterocycles. The lowest BCUT2D eigenvalue weighted by Crippen LogP contribution is -2.03. The molecule has 0 saturated carbocycles. The molecule has 84 valence electrons. The van der Waals surface area contributed by atoms with Gasteiger partial charge in [-0.3, -0.25) is 10.1 Å². The number of nitriles is 1. The molecule has 6 heteroatoms. The summed E-state index contributed by atoms with van der Waals surface area (Å²) in [6.45, 7) is 1.69. The van der Waals surface area contributed by atoms with Gasteiger partial charge in [0, 0.05) is 11.3 Å². The molecule has 1 N–H and O–H groups in total. The molecule has 1 rings (SSSR count). The summed E-state index contributed by atoms with van der Waals surface area (Å²) in [5, 5.41) is 28.2. The highest BCUT2D eigenvalue weighted by atomic mass is 32.2. The first-order valence-electron chi connectivity index (χ1n) is 4.54. The van der Waals surface area contributed by atoms with Crippen molar-refractivity contribution >= 4 is 17.4 Å². The van der Waals surface area contributed by atoms with Crippen molar-refractivity contribution in [3.63, 3.8) is 0 Å². The van der Waals surface area contributed by atoms with E-state index in [0.717, 1.165) is 0 Å². The highest BCUT2D eigenvalue weighted by Gasteiger charge is 2.16. The van der Waals surface area contributed by atoms with E-state index in [9.17, 15) is 10.1 Å². The van der Waals surface area contributed by atoms with Gasteiger partial charge in [-0.1, -0.05) is 6.92 Å². The maximum absolute atomic E-state index is 10.7. The Morgan fingerprint density at radius 3 is 2.88 bits per heavy atom. The first kappa shape index (κ1) is 12.5. The summed E-state index contributed by atoms with van der Waals surface area (Å²) < 4.78 is 0. The van der Waals surface area contributed by atoms with Crippen molar-refractivity contribution in [1.82, 2.24) is 0 Å².